The van der Waals surface area contributed by atoms with E-state index in [-0.39, 0.29) is 12.1 Å². The molecule has 0 saturated heterocycles. The topological polar surface area (TPSA) is 105 Å². The molecule has 1 fully saturated rings. The Kier molecular flexibility index (Phi) is 6.21. The van der Waals surface area contributed by atoms with Crippen molar-refractivity contribution in [1.29, 1.82) is 0 Å². The van der Waals surface area contributed by atoms with Gasteiger partial charge in [0, 0.05) is 35.0 Å². The van der Waals surface area contributed by atoms with Crippen LogP contribution in [-0.4, -0.2) is 80.4 Å². The van der Waals surface area contributed by atoms with Crippen molar-refractivity contribution in [2.75, 3.05) is 5.32 Å². The lowest BCUT2D eigenvalue weighted by Gasteiger charge is -2.46. The van der Waals surface area contributed by atoms with Crippen LogP contribution >= 0.6 is 0 Å². The molecular formula is C23H19B5FN6O2. The summed E-state index contributed by atoms with van der Waals surface area (Å²) in [4.78, 5) is 25.2. The molecule has 1 saturated carbocycles. The summed E-state index contributed by atoms with van der Waals surface area (Å²) in [6.07, 6.45) is 2.27. The van der Waals surface area contributed by atoms with Gasteiger partial charge in [0.15, 0.2) is 5.65 Å². The second-order valence-electron chi connectivity index (χ2n) is 9.51. The van der Waals surface area contributed by atoms with Crippen LogP contribution in [0.15, 0.2) is 36.9 Å². The van der Waals surface area contributed by atoms with Gasteiger partial charge in [-0.15, -0.1) is 5.11 Å². The molecule has 9 radical (unpaired) electrons. The third-order valence-corrected chi connectivity index (χ3v) is 6.91. The summed E-state index contributed by atoms with van der Waals surface area (Å²) in [6.45, 7) is 3.45. The summed E-state index contributed by atoms with van der Waals surface area (Å²) in [5, 5.41) is 15.0. The van der Waals surface area contributed by atoms with Gasteiger partial charge in [-0.25, -0.2) is 18.9 Å². The van der Waals surface area contributed by atoms with Gasteiger partial charge in [0.2, 0.25) is 5.91 Å². The fraction of sp³-hybridized carbons (Fsp3) is 0.348. The van der Waals surface area contributed by atoms with Gasteiger partial charge in [0.25, 0.3) is 0 Å². The quantitative estimate of drug-likeness (QED) is 0.386. The van der Waals surface area contributed by atoms with Gasteiger partial charge >= 0.3 is 0 Å². The SMILES string of the molecule is [B]C([B])([B]C)C([B])([B])C(O)c1cc(C)c(-c2cc3cnc(NC(=O)C4CC4F)cc3n3ncnc23)cn1. The van der Waals surface area contributed by atoms with E-state index >= 15 is 0 Å². The van der Waals surface area contributed by atoms with Crippen LogP contribution in [0.4, 0.5) is 10.2 Å². The maximum atomic E-state index is 13.2. The number of hydrogen-bond donors (Lipinski definition) is 2. The fourth-order valence-corrected chi connectivity index (χ4v) is 4.23. The molecule has 8 nitrogen and oxygen atoms in total. The molecule has 4 aromatic heterocycles. The maximum Gasteiger partial charge on any atom is 0.231 e. The van der Waals surface area contributed by atoms with Gasteiger partial charge in [-0.1, -0.05) is 12.0 Å². The normalized spacial score (nSPS) is 18.6. The van der Waals surface area contributed by atoms with Crippen molar-refractivity contribution in [2.45, 2.75) is 42.8 Å². The molecule has 3 atom stereocenters. The lowest BCUT2D eigenvalue weighted by molar-refractivity contribution is -0.117. The summed E-state index contributed by atoms with van der Waals surface area (Å²) in [6, 6.07) is 5.20. The molecule has 1 aliphatic rings. The van der Waals surface area contributed by atoms with Crippen LogP contribution in [0, 0.1) is 12.8 Å². The summed E-state index contributed by atoms with van der Waals surface area (Å²) >= 11 is 0. The highest BCUT2D eigenvalue weighted by molar-refractivity contribution is 6.73. The molecule has 4 aromatic rings. The summed E-state index contributed by atoms with van der Waals surface area (Å²) in [5.41, 5.74) is 3.60. The minimum Gasteiger partial charge on any atom is -0.388 e. The number of nitrogens with zero attached hydrogens (tertiary/aromatic N) is 5. The van der Waals surface area contributed by atoms with E-state index in [2.05, 4.69) is 25.4 Å². The Morgan fingerprint density at radius 2 is 1.92 bits per heavy atom. The maximum absolute atomic E-state index is 13.2. The largest absolute Gasteiger partial charge is 0.388 e. The number of aromatic nitrogens is 5. The van der Waals surface area contributed by atoms with Crippen molar-refractivity contribution in [2.24, 2.45) is 5.92 Å². The first-order chi connectivity index (χ1) is 17.4. The number of alkyl halides is 1. The van der Waals surface area contributed by atoms with Gasteiger partial charge in [-0.3, -0.25) is 9.78 Å². The smallest absolute Gasteiger partial charge is 0.231 e. The van der Waals surface area contributed by atoms with Gasteiger partial charge < -0.3 is 10.4 Å². The van der Waals surface area contributed by atoms with E-state index in [9.17, 15) is 14.3 Å². The fourth-order valence-electron chi connectivity index (χ4n) is 4.23. The number of nitrogens with one attached hydrogen (secondary N) is 1. The number of hydrogen-bond acceptors (Lipinski definition) is 6. The molecule has 0 bridgehead atoms. The highest BCUT2D eigenvalue weighted by Gasteiger charge is 2.44. The number of halogens is 1. The zero-order valence-corrected chi connectivity index (χ0v) is 20.3. The van der Waals surface area contributed by atoms with Crippen LogP contribution in [0.3, 0.4) is 0 Å². The van der Waals surface area contributed by atoms with E-state index < -0.39 is 34.4 Å². The predicted molar refractivity (Wildman–Crippen MR) is 143 cm³/mol. The van der Waals surface area contributed by atoms with Crippen LogP contribution in [0.2, 0.25) is 17.1 Å². The number of anilines is 1. The molecule has 37 heavy (non-hydrogen) atoms. The lowest BCUT2D eigenvalue weighted by atomic mass is 9.17. The zero-order chi connectivity index (χ0) is 26.7. The minimum absolute atomic E-state index is 0.208. The van der Waals surface area contributed by atoms with Crippen molar-refractivity contribution < 1.29 is 14.3 Å². The van der Waals surface area contributed by atoms with E-state index in [1.807, 2.05) is 13.0 Å². The molecule has 2 N–H and O–H groups in total. The molecule has 175 valence electrons. The highest BCUT2D eigenvalue weighted by Crippen LogP contribution is 2.49. The number of pyridine rings is 3. The Morgan fingerprint density at radius 3 is 2.57 bits per heavy atom. The molecule has 0 aliphatic heterocycles. The molecule has 1 aliphatic carbocycles. The van der Waals surface area contributed by atoms with Crippen molar-refractivity contribution in [3.8, 4) is 11.1 Å². The Hall–Kier alpha value is -3.14. The molecule has 0 aromatic carbocycles. The Morgan fingerprint density at radius 1 is 1.19 bits per heavy atom. The number of aliphatic hydroxyl groups excluding tert-OH is 1. The summed E-state index contributed by atoms with van der Waals surface area (Å²) in [7, 11) is 25.6. The molecule has 5 rings (SSSR count). The van der Waals surface area contributed by atoms with Gasteiger partial charge in [-0.05, 0) is 31.0 Å². The molecule has 1 amide bonds. The van der Waals surface area contributed by atoms with Crippen molar-refractivity contribution in [1.82, 2.24) is 24.6 Å². The predicted octanol–water partition coefficient (Wildman–Crippen LogP) is 1.59. The Labute approximate surface area is 219 Å². The number of carbonyl (C=O) groups is 1. The zero-order valence-electron chi connectivity index (χ0n) is 20.3. The Bertz CT molecular complexity index is 1530. The van der Waals surface area contributed by atoms with E-state index in [0.29, 0.717) is 22.5 Å². The van der Waals surface area contributed by atoms with Crippen LogP contribution in [0.1, 0.15) is 23.8 Å². The van der Waals surface area contributed by atoms with E-state index in [1.165, 1.54) is 13.6 Å². The average Bonchev–Trinajstić information content (AvgIpc) is 3.39. The Balaban J connectivity index is 1.52. The van der Waals surface area contributed by atoms with Crippen molar-refractivity contribution in [3.05, 3.63) is 48.2 Å². The highest BCUT2D eigenvalue weighted by atomic mass is 19.1. The number of fused-ring (bicyclic) bond motifs is 3. The summed E-state index contributed by atoms with van der Waals surface area (Å²) in [5.74, 6) is -0.727. The number of amides is 1. The van der Waals surface area contributed by atoms with Gasteiger partial charge in [-0.2, -0.15) is 5.10 Å². The van der Waals surface area contributed by atoms with Crippen molar-refractivity contribution in [3.63, 3.8) is 0 Å². The third kappa shape index (κ3) is 4.35. The first-order valence-corrected chi connectivity index (χ1v) is 11.6. The summed E-state index contributed by atoms with van der Waals surface area (Å²) < 4.78 is 14.9. The monoisotopic (exact) mass is 485 g/mol. The molecule has 3 unspecified atom stereocenters. The number of aryl methyl sites for hydroxylation is 1. The average molecular weight is 485 g/mol. The minimum atomic E-state index is -1.88. The van der Waals surface area contributed by atoms with E-state index in [0.717, 1.165) is 16.5 Å². The molecular weight excluding hydrogens is 465 g/mol. The number of carbonyl (C=O) groups excluding carboxylic acids is 1. The van der Waals surface area contributed by atoms with Crippen LogP contribution < -0.4 is 5.32 Å². The van der Waals surface area contributed by atoms with Gasteiger partial charge in [0.05, 0.1) is 61.9 Å². The molecule has 0 spiro atoms. The first kappa shape index (κ1) is 25.5. The third-order valence-electron chi connectivity index (χ3n) is 6.91. The number of rotatable bonds is 7. The second kappa shape index (κ2) is 9.01. The molecule has 14 heteroatoms. The van der Waals surface area contributed by atoms with E-state index in [4.69, 9.17) is 31.4 Å². The van der Waals surface area contributed by atoms with Crippen LogP contribution in [0.25, 0.3) is 27.7 Å². The van der Waals surface area contributed by atoms with Crippen LogP contribution in [-0.2, 0) is 4.79 Å². The van der Waals surface area contributed by atoms with Crippen LogP contribution in [0.5, 0.6) is 0 Å². The molecule has 4 heterocycles. The number of aliphatic hydroxyl groups is 1. The second-order valence-corrected chi connectivity index (χ2v) is 9.51. The first-order valence-electron chi connectivity index (χ1n) is 11.6. The standard InChI is InChI=1S/C23H19B5FN6O2/c1-10-3-16(19(36)22(24,25)23(26,27)28-2)30-8-14(10)12-4-11-7-31-18(34-21(37)13-5-15(13)29)6-17(11)35-20(12)32-9-33-35/h3-4,6-9,13,15,19,36H,5H2,1-2H3,(H,31,34,37). The van der Waals surface area contributed by atoms with E-state index in [1.54, 1.807) is 35.9 Å². The van der Waals surface area contributed by atoms with Gasteiger partial charge in [0.1, 0.15) is 18.3 Å². The van der Waals surface area contributed by atoms with Crippen molar-refractivity contribution >= 4 is 66.9 Å². The lowest BCUT2D eigenvalue weighted by Crippen LogP contribution is -2.41.